The van der Waals surface area contributed by atoms with Crippen LogP contribution < -0.4 is 4.90 Å². The average Bonchev–Trinajstić information content (AvgIpc) is 3.27. The molecule has 20 heavy (non-hydrogen) atoms. The molecule has 2 heterocycles. The van der Waals surface area contributed by atoms with Crippen LogP contribution in [-0.4, -0.2) is 47.6 Å². The highest BCUT2D eigenvalue weighted by molar-refractivity contribution is 6.30. The molecule has 1 aliphatic heterocycles. The lowest BCUT2D eigenvalue weighted by molar-refractivity contribution is 0.247. The van der Waals surface area contributed by atoms with Gasteiger partial charge in [-0.3, -0.25) is 4.90 Å². The van der Waals surface area contributed by atoms with Crippen molar-refractivity contribution in [2.24, 2.45) is 5.92 Å². The Morgan fingerprint density at radius 1 is 1.15 bits per heavy atom. The molecule has 4 nitrogen and oxygen atoms in total. The number of anilines is 1. The second kappa shape index (κ2) is 5.86. The summed E-state index contributed by atoms with van der Waals surface area (Å²) in [6, 6.07) is 0. The van der Waals surface area contributed by atoms with Gasteiger partial charge in [0.15, 0.2) is 0 Å². The van der Waals surface area contributed by atoms with Gasteiger partial charge >= 0.3 is 0 Å². The van der Waals surface area contributed by atoms with Gasteiger partial charge in [-0.05, 0) is 25.7 Å². The summed E-state index contributed by atoms with van der Waals surface area (Å²) >= 11 is 6.23. The van der Waals surface area contributed by atoms with Gasteiger partial charge in [0, 0.05) is 44.7 Å². The minimum atomic E-state index is 0.604. The summed E-state index contributed by atoms with van der Waals surface area (Å²) in [5.41, 5.74) is 1.01. The van der Waals surface area contributed by atoms with Crippen LogP contribution in [0.25, 0.3) is 0 Å². The molecule has 0 aromatic carbocycles. The van der Waals surface area contributed by atoms with E-state index in [1.54, 1.807) is 0 Å². The van der Waals surface area contributed by atoms with Crippen LogP contribution in [0.15, 0.2) is 0 Å². The molecule has 0 unspecified atom stereocenters. The molecule has 5 heteroatoms. The molecule has 0 atom stereocenters. The van der Waals surface area contributed by atoms with E-state index in [4.69, 9.17) is 11.6 Å². The predicted octanol–water partition coefficient (Wildman–Crippen LogP) is 2.53. The summed E-state index contributed by atoms with van der Waals surface area (Å²) in [5, 5.41) is 0.604. The third kappa shape index (κ3) is 3.07. The highest BCUT2D eigenvalue weighted by Crippen LogP contribution is 2.30. The van der Waals surface area contributed by atoms with Gasteiger partial charge in [0.1, 0.15) is 16.8 Å². The molecule has 1 saturated heterocycles. The van der Waals surface area contributed by atoms with Gasteiger partial charge in [-0.15, -0.1) is 0 Å². The van der Waals surface area contributed by atoms with Crippen LogP contribution in [-0.2, 0) is 6.42 Å². The van der Waals surface area contributed by atoms with Crippen molar-refractivity contribution in [3.8, 4) is 0 Å². The van der Waals surface area contributed by atoms with Crippen molar-refractivity contribution >= 4 is 17.4 Å². The fraction of sp³-hybridized carbons (Fsp3) is 0.733. The number of hydrogen-bond acceptors (Lipinski definition) is 4. The maximum Gasteiger partial charge on any atom is 0.137 e. The zero-order valence-electron chi connectivity index (χ0n) is 12.4. The standard InChI is InChI=1S/C15H23ClN4/c1-3-13-17-14(16)11(2)15(18-13)20-8-6-19(7-9-20)10-12-4-5-12/h12H,3-10H2,1-2H3. The van der Waals surface area contributed by atoms with Crippen LogP contribution >= 0.6 is 11.6 Å². The maximum absolute atomic E-state index is 6.23. The average molecular weight is 295 g/mol. The second-order valence-corrected chi connectivity index (χ2v) is 6.32. The monoisotopic (exact) mass is 294 g/mol. The largest absolute Gasteiger partial charge is 0.354 e. The third-order valence-electron chi connectivity index (χ3n) is 4.31. The molecule has 1 aromatic heterocycles. The van der Waals surface area contributed by atoms with Crippen molar-refractivity contribution < 1.29 is 0 Å². The Kier molecular flexibility index (Phi) is 4.13. The number of aryl methyl sites for hydroxylation is 1. The molecule has 0 bridgehead atoms. The summed E-state index contributed by atoms with van der Waals surface area (Å²) in [5.74, 6) is 2.85. The predicted molar refractivity (Wildman–Crippen MR) is 82.5 cm³/mol. The van der Waals surface area contributed by atoms with E-state index < -0.39 is 0 Å². The van der Waals surface area contributed by atoms with Gasteiger partial charge in [-0.25, -0.2) is 9.97 Å². The molecular weight excluding hydrogens is 272 g/mol. The van der Waals surface area contributed by atoms with E-state index in [0.717, 1.165) is 55.7 Å². The van der Waals surface area contributed by atoms with E-state index >= 15 is 0 Å². The number of hydrogen-bond donors (Lipinski definition) is 0. The number of halogens is 1. The van der Waals surface area contributed by atoms with Crippen LogP contribution in [0.2, 0.25) is 5.15 Å². The summed E-state index contributed by atoms with van der Waals surface area (Å²) in [6.07, 6.45) is 3.69. The van der Waals surface area contributed by atoms with Crippen molar-refractivity contribution in [1.82, 2.24) is 14.9 Å². The third-order valence-corrected chi connectivity index (χ3v) is 4.68. The van der Waals surface area contributed by atoms with E-state index in [9.17, 15) is 0 Å². The van der Waals surface area contributed by atoms with Crippen molar-refractivity contribution in [1.29, 1.82) is 0 Å². The van der Waals surface area contributed by atoms with Gasteiger partial charge in [-0.2, -0.15) is 0 Å². The van der Waals surface area contributed by atoms with E-state index in [-0.39, 0.29) is 0 Å². The lowest BCUT2D eigenvalue weighted by atomic mass is 10.2. The molecule has 110 valence electrons. The molecule has 0 radical (unpaired) electrons. The van der Waals surface area contributed by atoms with E-state index in [1.165, 1.54) is 19.4 Å². The molecule has 1 saturated carbocycles. The van der Waals surface area contributed by atoms with Gasteiger partial charge in [0.05, 0.1) is 0 Å². The van der Waals surface area contributed by atoms with Crippen LogP contribution in [0.3, 0.4) is 0 Å². The summed E-state index contributed by atoms with van der Waals surface area (Å²) in [7, 11) is 0. The smallest absolute Gasteiger partial charge is 0.137 e. The second-order valence-electron chi connectivity index (χ2n) is 5.96. The van der Waals surface area contributed by atoms with E-state index in [0.29, 0.717) is 5.15 Å². The lowest BCUT2D eigenvalue weighted by Crippen LogP contribution is -2.47. The Balaban J connectivity index is 1.68. The molecule has 0 N–H and O–H groups in total. The summed E-state index contributed by atoms with van der Waals surface area (Å²) in [4.78, 5) is 14.0. The Labute approximate surface area is 126 Å². The molecule has 3 rings (SSSR count). The number of piperazine rings is 1. The summed E-state index contributed by atoms with van der Waals surface area (Å²) < 4.78 is 0. The fourth-order valence-corrected chi connectivity index (χ4v) is 2.98. The first-order valence-corrected chi connectivity index (χ1v) is 8.05. The van der Waals surface area contributed by atoms with E-state index in [2.05, 4.69) is 26.7 Å². The fourth-order valence-electron chi connectivity index (χ4n) is 2.79. The topological polar surface area (TPSA) is 32.3 Å². The minimum Gasteiger partial charge on any atom is -0.354 e. The molecule has 1 aliphatic carbocycles. The van der Waals surface area contributed by atoms with Gasteiger partial charge in [-0.1, -0.05) is 18.5 Å². The molecular formula is C15H23ClN4. The van der Waals surface area contributed by atoms with Gasteiger partial charge in [0.25, 0.3) is 0 Å². The maximum atomic E-state index is 6.23. The first-order valence-electron chi connectivity index (χ1n) is 7.67. The zero-order valence-corrected chi connectivity index (χ0v) is 13.2. The Morgan fingerprint density at radius 2 is 1.85 bits per heavy atom. The minimum absolute atomic E-state index is 0.604. The highest BCUT2D eigenvalue weighted by Gasteiger charge is 2.27. The first kappa shape index (κ1) is 14.1. The van der Waals surface area contributed by atoms with Crippen molar-refractivity contribution in [3.05, 3.63) is 16.5 Å². The van der Waals surface area contributed by atoms with Gasteiger partial charge < -0.3 is 4.90 Å². The first-order chi connectivity index (χ1) is 9.67. The number of rotatable bonds is 4. The van der Waals surface area contributed by atoms with Gasteiger partial charge in [0.2, 0.25) is 0 Å². The molecule has 2 aliphatic rings. The number of aromatic nitrogens is 2. The van der Waals surface area contributed by atoms with Crippen LogP contribution in [0.4, 0.5) is 5.82 Å². The molecule has 1 aromatic rings. The van der Waals surface area contributed by atoms with Crippen LogP contribution in [0, 0.1) is 12.8 Å². The quantitative estimate of drug-likeness (QED) is 0.799. The van der Waals surface area contributed by atoms with E-state index in [1.807, 2.05) is 6.92 Å². The molecule has 2 fully saturated rings. The zero-order chi connectivity index (χ0) is 14.1. The Bertz CT molecular complexity index is 479. The summed E-state index contributed by atoms with van der Waals surface area (Å²) in [6.45, 7) is 9.75. The van der Waals surface area contributed by atoms with Crippen molar-refractivity contribution in [2.75, 3.05) is 37.6 Å². The number of nitrogens with zero attached hydrogens (tertiary/aromatic N) is 4. The van der Waals surface area contributed by atoms with Crippen molar-refractivity contribution in [2.45, 2.75) is 33.1 Å². The molecule has 0 amide bonds. The van der Waals surface area contributed by atoms with Crippen LogP contribution in [0.5, 0.6) is 0 Å². The normalized spacial score (nSPS) is 20.4. The van der Waals surface area contributed by atoms with Crippen LogP contribution in [0.1, 0.15) is 31.2 Å². The Hall–Kier alpha value is -0.870. The lowest BCUT2D eigenvalue weighted by Gasteiger charge is -2.36. The SMILES string of the molecule is CCc1nc(Cl)c(C)c(N2CCN(CC3CC3)CC2)n1. The highest BCUT2D eigenvalue weighted by atomic mass is 35.5. The molecule has 0 spiro atoms. The Morgan fingerprint density at radius 3 is 2.45 bits per heavy atom. The van der Waals surface area contributed by atoms with Crippen molar-refractivity contribution in [3.63, 3.8) is 0 Å².